The van der Waals surface area contributed by atoms with Gasteiger partial charge in [-0.2, -0.15) is 18.2 Å². The van der Waals surface area contributed by atoms with Gasteiger partial charge in [0.25, 0.3) is 0 Å². The van der Waals surface area contributed by atoms with Crippen molar-refractivity contribution in [2.45, 2.75) is 45.7 Å². The second kappa shape index (κ2) is 8.13. The molecule has 6 nitrogen and oxygen atoms in total. The SMILES string of the molecule is CCN(CC)S(=O)(=O)c1c(C)nn(Cc2ccccc2OC(F)F)c1C. The van der Waals surface area contributed by atoms with Crippen LogP contribution in [0.1, 0.15) is 30.8 Å². The Bertz CT molecular complexity index is 862. The van der Waals surface area contributed by atoms with Crippen molar-refractivity contribution in [2.24, 2.45) is 0 Å². The zero-order valence-corrected chi connectivity index (χ0v) is 16.1. The zero-order valence-electron chi connectivity index (χ0n) is 15.2. The highest BCUT2D eigenvalue weighted by atomic mass is 32.2. The van der Waals surface area contributed by atoms with E-state index in [-0.39, 0.29) is 17.2 Å². The summed E-state index contributed by atoms with van der Waals surface area (Å²) in [4.78, 5) is 0.161. The van der Waals surface area contributed by atoms with E-state index < -0.39 is 16.6 Å². The lowest BCUT2D eigenvalue weighted by atomic mass is 10.2. The lowest BCUT2D eigenvalue weighted by Crippen LogP contribution is -2.31. The molecule has 9 heteroatoms. The Morgan fingerprint density at radius 3 is 2.38 bits per heavy atom. The van der Waals surface area contributed by atoms with Gasteiger partial charge in [-0.3, -0.25) is 4.68 Å². The Balaban J connectivity index is 2.44. The summed E-state index contributed by atoms with van der Waals surface area (Å²) in [6.07, 6.45) is 0. The van der Waals surface area contributed by atoms with Crippen LogP contribution in [-0.2, 0) is 16.6 Å². The fraction of sp³-hybridized carbons (Fsp3) is 0.471. The molecule has 0 saturated heterocycles. The van der Waals surface area contributed by atoms with Crippen molar-refractivity contribution in [3.63, 3.8) is 0 Å². The van der Waals surface area contributed by atoms with Gasteiger partial charge in [0.2, 0.25) is 10.0 Å². The summed E-state index contributed by atoms with van der Waals surface area (Å²) in [6.45, 7) is 4.73. The van der Waals surface area contributed by atoms with Crippen molar-refractivity contribution in [3.8, 4) is 5.75 Å². The molecule has 0 unspecified atom stereocenters. The van der Waals surface area contributed by atoms with Crippen LogP contribution in [0, 0.1) is 13.8 Å². The summed E-state index contributed by atoms with van der Waals surface area (Å²) in [6, 6.07) is 6.39. The monoisotopic (exact) mass is 387 g/mol. The van der Waals surface area contributed by atoms with Gasteiger partial charge in [-0.15, -0.1) is 0 Å². The standard InChI is InChI=1S/C17H23F2N3O3S/c1-5-21(6-2)26(23,24)16-12(3)20-22(13(16)4)11-14-9-7-8-10-15(14)25-17(18)19/h7-10,17H,5-6,11H2,1-4H3. The van der Waals surface area contributed by atoms with Crippen LogP contribution in [-0.4, -0.2) is 42.2 Å². The highest BCUT2D eigenvalue weighted by Crippen LogP contribution is 2.26. The molecule has 1 aromatic carbocycles. The summed E-state index contributed by atoms with van der Waals surface area (Å²) >= 11 is 0. The average Bonchev–Trinajstić information content (AvgIpc) is 2.84. The Hall–Kier alpha value is -2.00. The van der Waals surface area contributed by atoms with E-state index in [9.17, 15) is 17.2 Å². The largest absolute Gasteiger partial charge is 0.434 e. The molecule has 0 aliphatic carbocycles. The molecule has 2 aromatic rings. The average molecular weight is 387 g/mol. The molecular formula is C17H23F2N3O3S. The van der Waals surface area contributed by atoms with E-state index in [0.29, 0.717) is 30.0 Å². The number of nitrogens with zero attached hydrogens (tertiary/aromatic N) is 3. The van der Waals surface area contributed by atoms with E-state index >= 15 is 0 Å². The van der Waals surface area contributed by atoms with Crippen LogP contribution in [0.25, 0.3) is 0 Å². The van der Waals surface area contributed by atoms with Gasteiger partial charge >= 0.3 is 6.61 Å². The Kier molecular flexibility index (Phi) is 6.35. The van der Waals surface area contributed by atoms with Gasteiger partial charge in [-0.1, -0.05) is 32.0 Å². The van der Waals surface area contributed by atoms with E-state index in [1.807, 2.05) is 0 Å². The Labute approximate surface area is 152 Å². The molecule has 0 aliphatic rings. The van der Waals surface area contributed by atoms with Gasteiger partial charge in [-0.05, 0) is 19.9 Å². The van der Waals surface area contributed by atoms with Crippen LogP contribution in [0.3, 0.4) is 0 Å². The number of hydrogen-bond donors (Lipinski definition) is 0. The number of ether oxygens (including phenoxy) is 1. The van der Waals surface area contributed by atoms with Gasteiger partial charge in [0.05, 0.1) is 17.9 Å². The second-order valence-corrected chi connectivity index (χ2v) is 7.61. The molecule has 0 amide bonds. The number of rotatable bonds is 8. The second-order valence-electron chi connectivity index (χ2n) is 5.73. The normalized spacial score (nSPS) is 12.2. The van der Waals surface area contributed by atoms with E-state index in [4.69, 9.17) is 0 Å². The van der Waals surface area contributed by atoms with Crippen molar-refractivity contribution < 1.29 is 21.9 Å². The van der Waals surface area contributed by atoms with Crippen molar-refractivity contribution in [2.75, 3.05) is 13.1 Å². The molecule has 1 heterocycles. The molecule has 0 fully saturated rings. The maximum atomic E-state index is 12.9. The third-order valence-electron chi connectivity index (χ3n) is 4.13. The smallest absolute Gasteiger partial charge is 0.387 e. The Morgan fingerprint density at radius 2 is 1.81 bits per heavy atom. The quantitative estimate of drug-likeness (QED) is 0.698. The predicted octanol–water partition coefficient (Wildman–Crippen LogP) is 3.18. The van der Waals surface area contributed by atoms with Gasteiger partial charge in [0.1, 0.15) is 10.6 Å². The molecule has 0 radical (unpaired) electrons. The van der Waals surface area contributed by atoms with E-state index in [2.05, 4.69) is 9.84 Å². The summed E-state index contributed by atoms with van der Waals surface area (Å²) in [5.41, 5.74) is 1.33. The van der Waals surface area contributed by atoms with Crippen LogP contribution in [0.4, 0.5) is 8.78 Å². The van der Waals surface area contributed by atoms with Gasteiger partial charge in [-0.25, -0.2) is 8.42 Å². The van der Waals surface area contributed by atoms with Crippen LogP contribution < -0.4 is 4.74 Å². The number of aryl methyl sites for hydroxylation is 1. The highest BCUT2D eigenvalue weighted by Gasteiger charge is 2.29. The fourth-order valence-electron chi connectivity index (χ4n) is 2.91. The Morgan fingerprint density at radius 1 is 1.19 bits per heavy atom. The first kappa shape index (κ1) is 20.3. The first-order chi connectivity index (χ1) is 12.2. The van der Waals surface area contributed by atoms with Crippen molar-refractivity contribution in [3.05, 3.63) is 41.2 Å². The lowest BCUT2D eigenvalue weighted by Gasteiger charge is -2.18. The minimum atomic E-state index is -3.66. The molecule has 0 spiro atoms. The van der Waals surface area contributed by atoms with E-state index in [1.165, 1.54) is 15.1 Å². The third-order valence-corrected chi connectivity index (χ3v) is 6.43. The van der Waals surface area contributed by atoms with Crippen LogP contribution in [0.15, 0.2) is 29.2 Å². The maximum absolute atomic E-state index is 12.9. The first-order valence-corrected chi connectivity index (χ1v) is 9.73. The van der Waals surface area contributed by atoms with Crippen molar-refractivity contribution in [1.29, 1.82) is 0 Å². The lowest BCUT2D eigenvalue weighted by molar-refractivity contribution is -0.0505. The zero-order chi connectivity index (χ0) is 19.5. The van der Waals surface area contributed by atoms with E-state index in [0.717, 1.165) is 0 Å². The minimum Gasteiger partial charge on any atom is -0.434 e. The summed E-state index contributed by atoms with van der Waals surface area (Å²) in [5.74, 6) is 0.0446. The topological polar surface area (TPSA) is 64.4 Å². The molecule has 2 rings (SSSR count). The van der Waals surface area contributed by atoms with E-state index in [1.54, 1.807) is 45.9 Å². The number of halogens is 2. The van der Waals surface area contributed by atoms with Crippen LogP contribution >= 0.6 is 0 Å². The molecule has 0 bridgehead atoms. The maximum Gasteiger partial charge on any atom is 0.387 e. The molecular weight excluding hydrogens is 364 g/mol. The molecule has 0 atom stereocenters. The molecule has 0 saturated carbocycles. The van der Waals surface area contributed by atoms with Crippen LogP contribution in [0.5, 0.6) is 5.75 Å². The van der Waals surface area contributed by atoms with Crippen molar-refractivity contribution in [1.82, 2.24) is 14.1 Å². The molecule has 1 aromatic heterocycles. The number of para-hydroxylation sites is 1. The number of aromatic nitrogens is 2. The molecule has 0 N–H and O–H groups in total. The van der Waals surface area contributed by atoms with Gasteiger partial charge in [0.15, 0.2) is 0 Å². The summed E-state index contributed by atoms with van der Waals surface area (Å²) in [7, 11) is -3.66. The van der Waals surface area contributed by atoms with Crippen LogP contribution in [0.2, 0.25) is 0 Å². The number of benzene rings is 1. The number of hydrogen-bond acceptors (Lipinski definition) is 4. The predicted molar refractivity (Wildman–Crippen MR) is 94.0 cm³/mol. The molecule has 26 heavy (non-hydrogen) atoms. The number of alkyl halides is 2. The van der Waals surface area contributed by atoms with Gasteiger partial charge in [0, 0.05) is 18.7 Å². The summed E-state index contributed by atoms with van der Waals surface area (Å²) < 4.78 is 58.3. The van der Waals surface area contributed by atoms with Crippen molar-refractivity contribution >= 4 is 10.0 Å². The third kappa shape index (κ3) is 4.04. The van der Waals surface area contributed by atoms with Gasteiger partial charge < -0.3 is 4.74 Å². The number of sulfonamides is 1. The molecule has 144 valence electrons. The summed E-state index contributed by atoms with van der Waals surface area (Å²) in [5, 5.41) is 4.31. The highest BCUT2D eigenvalue weighted by molar-refractivity contribution is 7.89. The minimum absolute atomic E-state index is 0.0446. The fourth-order valence-corrected chi connectivity index (χ4v) is 4.74. The first-order valence-electron chi connectivity index (χ1n) is 8.29. The molecule has 0 aliphatic heterocycles.